The van der Waals surface area contributed by atoms with Crippen LogP contribution in [0.2, 0.25) is 0 Å². The van der Waals surface area contributed by atoms with E-state index in [1.54, 1.807) is 0 Å². The van der Waals surface area contributed by atoms with Crippen LogP contribution in [0, 0.1) is 55.4 Å². The first-order valence-electron chi connectivity index (χ1n) is 13.1. The van der Waals surface area contributed by atoms with Gasteiger partial charge in [0.15, 0.2) is 0 Å². The third kappa shape index (κ3) is 5.30. The van der Waals surface area contributed by atoms with E-state index in [1.165, 1.54) is 86.8 Å². The van der Waals surface area contributed by atoms with Gasteiger partial charge in [0.2, 0.25) is 0 Å². The molecule has 37 heavy (non-hydrogen) atoms. The summed E-state index contributed by atoms with van der Waals surface area (Å²) in [6.07, 6.45) is 0. The maximum absolute atomic E-state index is 2.39. The van der Waals surface area contributed by atoms with E-state index in [-0.39, 0.29) is 14.5 Å². The molecular weight excluding hydrogens is 511 g/mol. The molecule has 1 heterocycles. The van der Waals surface area contributed by atoms with Gasteiger partial charge < -0.3 is 0 Å². The van der Waals surface area contributed by atoms with Crippen molar-refractivity contribution in [1.82, 2.24) is 0 Å². The average molecular weight is 548 g/mol. The Morgan fingerprint density at radius 3 is 0.757 bits per heavy atom. The molecule has 0 N–H and O–H groups in total. The SMILES string of the molecule is Cc1cc(C)cc(-c2[se]c(-c3cc(C)cc(C)c3)c(-c3cc(C)cc(C)c3)c2-c2cc(C)cc(C)c2)c1. The fourth-order valence-electron chi connectivity index (χ4n) is 5.84. The number of benzene rings is 4. The monoisotopic (exact) mass is 548 g/mol. The van der Waals surface area contributed by atoms with Crippen LogP contribution in [0.4, 0.5) is 0 Å². The van der Waals surface area contributed by atoms with Gasteiger partial charge in [-0.15, -0.1) is 0 Å². The average Bonchev–Trinajstić information content (AvgIpc) is 3.17. The summed E-state index contributed by atoms with van der Waals surface area (Å²) in [5, 5.41) is 0. The Kier molecular flexibility index (Phi) is 6.88. The van der Waals surface area contributed by atoms with Gasteiger partial charge in [-0.1, -0.05) is 0 Å². The van der Waals surface area contributed by atoms with Crippen molar-refractivity contribution in [1.29, 1.82) is 0 Å². The zero-order chi connectivity index (χ0) is 26.4. The first-order chi connectivity index (χ1) is 17.6. The van der Waals surface area contributed by atoms with Crippen molar-refractivity contribution in [3.05, 3.63) is 117 Å². The predicted molar refractivity (Wildman–Crippen MR) is 163 cm³/mol. The van der Waals surface area contributed by atoms with Crippen molar-refractivity contribution < 1.29 is 0 Å². The van der Waals surface area contributed by atoms with Crippen LogP contribution in [0.25, 0.3) is 42.3 Å². The standard InChI is InChI=1S/C36H36Se/c1-21-9-22(2)14-29(13-21)33-34(30-15-23(3)10-24(4)16-30)36(32-19-27(7)12-28(8)20-32)37-35(33)31-17-25(5)11-26(6)18-31/h9-20H,1-8H3. The van der Waals surface area contributed by atoms with Crippen molar-refractivity contribution in [3.63, 3.8) is 0 Å². The zero-order valence-corrected chi connectivity index (χ0v) is 25.0. The third-order valence-electron chi connectivity index (χ3n) is 6.90. The zero-order valence-electron chi connectivity index (χ0n) is 23.3. The second-order valence-electron chi connectivity index (χ2n) is 11.0. The molecule has 1 heteroatoms. The predicted octanol–water partition coefficient (Wildman–Crippen LogP) is 9.88. The molecule has 1 aromatic heterocycles. The third-order valence-corrected chi connectivity index (χ3v) is 9.60. The van der Waals surface area contributed by atoms with E-state index in [0.717, 1.165) is 0 Å². The molecule has 0 aliphatic rings. The van der Waals surface area contributed by atoms with Crippen molar-refractivity contribution in [3.8, 4) is 42.3 Å². The van der Waals surface area contributed by atoms with E-state index in [0.29, 0.717) is 0 Å². The maximum atomic E-state index is 2.39. The van der Waals surface area contributed by atoms with Gasteiger partial charge in [0.25, 0.3) is 0 Å². The first-order valence-corrected chi connectivity index (χ1v) is 14.8. The fourth-order valence-corrected chi connectivity index (χ4v) is 8.61. The summed E-state index contributed by atoms with van der Waals surface area (Å²) in [5.41, 5.74) is 18.8. The second kappa shape index (κ2) is 9.97. The van der Waals surface area contributed by atoms with Crippen LogP contribution >= 0.6 is 0 Å². The summed E-state index contributed by atoms with van der Waals surface area (Å²) in [5.74, 6) is 0. The Balaban J connectivity index is 1.97. The molecule has 0 saturated heterocycles. The van der Waals surface area contributed by atoms with Gasteiger partial charge in [-0.25, -0.2) is 0 Å². The van der Waals surface area contributed by atoms with Gasteiger partial charge in [-0.3, -0.25) is 0 Å². The molecule has 0 saturated carbocycles. The van der Waals surface area contributed by atoms with Crippen LogP contribution in [0.3, 0.4) is 0 Å². The topological polar surface area (TPSA) is 0 Å². The van der Waals surface area contributed by atoms with Crippen molar-refractivity contribution in [2.24, 2.45) is 0 Å². The van der Waals surface area contributed by atoms with E-state index in [4.69, 9.17) is 0 Å². The minimum atomic E-state index is 0.167. The molecular formula is C36H36Se. The normalized spacial score (nSPS) is 11.2. The summed E-state index contributed by atoms with van der Waals surface area (Å²) in [7, 11) is 0. The van der Waals surface area contributed by atoms with Crippen LogP contribution in [0.15, 0.2) is 72.8 Å². The Labute approximate surface area is 228 Å². The van der Waals surface area contributed by atoms with E-state index in [1.807, 2.05) is 0 Å². The molecule has 0 radical (unpaired) electrons. The van der Waals surface area contributed by atoms with E-state index < -0.39 is 0 Å². The van der Waals surface area contributed by atoms with E-state index >= 15 is 0 Å². The molecule has 0 spiro atoms. The molecule has 0 aliphatic carbocycles. The number of hydrogen-bond acceptors (Lipinski definition) is 0. The van der Waals surface area contributed by atoms with Gasteiger partial charge in [0.05, 0.1) is 0 Å². The van der Waals surface area contributed by atoms with E-state index in [2.05, 4.69) is 128 Å². The molecule has 186 valence electrons. The molecule has 4 aromatic carbocycles. The Hall–Kier alpha value is -3.12. The molecule has 0 amide bonds. The fraction of sp³-hybridized carbons (Fsp3) is 0.222. The molecule has 0 bridgehead atoms. The number of aryl methyl sites for hydroxylation is 8. The molecule has 0 fully saturated rings. The number of hydrogen-bond donors (Lipinski definition) is 0. The van der Waals surface area contributed by atoms with Crippen molar-refractivity contribution in [2.45, 2.75) is 55.4 Å². The molecule has 0 nitrogen and oxygen atoms in total. The summed E-state index contributed by atoms with van der Waals surface area (Å²) >= 11 is 0.167. The summed E-state index contributed by atoms with van der Waals surface area (Å²) in [6.45, 7) is 17.8. The minimum absolute atomic E-state index is 0.167. The molecule has 0 unspecified atom stereocenters. The van der Waals surface area contributed by atoms with E-state index in [9.17, 15) is 0 Å². The van der Waals surface area contributed by atoms with Crippen molar-refractivity contribution in [2.75, 3.05) is 0 Å². The molecule has 0 aliphatic heterocycles. The van der Waals surface area contributed by atoms with Gasteiger partial charge >= 0.3 is 229 Å². The first kappa shape index (κ1) is 25.5. The summed E-state index contributed by atoms with van der Waals surface area (Å²) in [6, 6.07) is 28.2. The molecule has 5 aromatic rings. The van der Waals surface area contributed by atoms with Gasteiger partial charge in [-0.05, 0) is 0 Å². The van der Waals surface area contributed by atoms with Gasteiger partial charge in [-0.2, -0.15) is 0 Å². The Bertz CT molecular complexity index is 1440. The van der Waals surface area contributed by atoms with Crippen LogP contribution in [-0.2, 0) is 0 Å². The van der Waals surface area contributed by atoms with Gasteiger partial charge in [0.1, 0.15) is 0 Å². The van der Waals surface area contributed by atoms with Crippen LogP contribution in [-0.4, -0.2) is 14.5 Å². The quantitative estimate of drug-likeness (QED) is 0.196. The Morgan fingerprint density at radius 2 is 0.514 bits per heavy atom. The molecule has 5 rings (SSSR count). The Morgan fingerprint density at radius 1 is 0.297 bits per heavy atom. The van der Waals surface area contributed by atoms with Crippen LogP contribution < -0.4 is 0 Å². The second-order valence-corrected chi connectivity index (χ2v) is 13.2. The van der Waals surface area contributed by atoms with Gasteiger partial charge in [0, 0.05) is 0 Å². The van der Waals surface area contributed by atoms with Crippen LogP contribution in [0.1, 0.15) is 44.5 Å². The van der Waals surface area contributed by atoms with Crippen molar-refractivity contribution >= 4 is 14.5 Å². The van der Waals surface area contributed by atoms with Crippen LogP contribution in [0.5, 0.6) is 0 Å². The summed E-state index contributed by atoms with van der Waals surface area (Å²) < 4.78 is 2.99. The summed E-state index contributed by atoms with van der Waals surface area (Å²) in [4.78, 5) is 0. The molecule has 0 atom stereocenters. The number of rotatable bonds is 4.